The third-order valence-electron chi connectivity index (χ3n) is 4.81. The lowest BCUT2D eigenvalue weighted by atomic mass is 10.1. The third-order valence-corrected chi connectivity index (χ3v) is 5.31. The van der Waals surface area contributed by atoms with Gasteiger partial charge in [-0.25, -0.2) is 4.98 Å². The Morgan fingerprint density at radius 3 is 2.71 bits per heavy atom. The van der Waals surface area contributed by atoms with Crippen LogP contribution in [-0.4, -0.2) is 24.0 Å². The van der Waals surface area contributed by atoms with Crippen LogP contribution < -0.4 is 10.1 Å². The molecule has 0 aliphatic rings. The zero-order valence-corrected chi connectivity index (χ0v) is 20.6. The molecule has 0 bridgehead atoms. The van der Waals surface area contributed by atoms with Crippen molar-refractivity contribution in [3.8, 4) is 5.88 Å². The number of rotatable bonds is 13. The molecule has 0 spiro atoms. The summed E-state index contributed by atoms with van der Waals surface area (Å²) in [7, 11) is 0. The molecular weight excluding hydrogens is 452 g/mol. The normalized spacial score (nSPS) is 12.1. The van der Waals surface area contributed by atoms with Gasteiger partial charge in [0.15, 0.2) is 0 Å². The summed E-state index contributed by atoms with van der Waals surface area (Å²) in [4.78, 5) is 16.3. The van der Waals surface area contributed by atoms with Gasteiger partial charge in [0, 0.05) is 28.5 Å². The predicted molar refractivity (Wildman–Crippen MR) is 133 cm³/mol. The molecule has 1 aromatic heterocycles. The standard InChI is InChI=1S/C26H35BrN2O2/c1-20(2)19-28-25(30)17-21(3)11-9-7-5-4-6-8-10-16-31-26-15-12-22-18-23(27)13-14-24(22)29-26/h9,11-15,17-18,20H,4-8,10,16,19H2,1-3H3,(H,28,30)/b11-9+,21-17+. The molecule has 0 aliphatic carbocycles. The van der Waals surface area contributed by atoms with E-state index in [0.29, 0.717) is 24.9 Å². The fourth-order valence-electron chi connectivity index (χ4n) is 3.11. The monoisotopic (exact) mass is 486 g/mol. The Morgan fingerprint density at radius 1 is 1.13 bits per heavy atom. The highest BCUT2D eigenvalue weighted by Gasteiger charge is 2.01. The Balaban J connectivity index is 1.52. The maximum atomic E-state index is 11.7. The SMILES string of the molecule is CC(/C=C/CCCCCCCOc1ccc2cc(Br)ccc2n1)=C\C(=O)NCC(C)C. The van der Waals surface area contributed by atoms with Crippen molar-refractivity contribution in [1.82, 2.24) is 10.3 Å². The number of amides is 1. The minimum Gasteiger partial charge on any atom is -0.478 e. The summed E-state index contributed by atoms with van der Waals surface area (Å²) in [5, 5.41) is 4.01. The molecule has 168 valence electrons. The number of hydrogen-bond acceptors (Lipinski definition) is 3. The lowest BCUT2D eigenvalue weighted by Gasteiger charge is -2.06. The highest BCUT2D eigenvalue weighted by molar-refractivity contribution is 9.10. The topological polar surface area (TPSA) is 51.2 Å². The number of carbonyl (C=O) groups excluding carboxylic acids is 1. The van der Waals surface area contributed by atoms with Crippen LogP contribution in [0.3, 0.4) is 0 Å². The van der Waals surface area contributed by atoms with E-state index in [0.717, 1.165) is 33.8 Å². The van der Waals surface area contributed by atoms with Gasteiger partial charge in [0.05, 0.1) is 12.1 Å². The maximum absolute atomic E-state index is 11.7. The van der Waals surface area contributed by atoms with Gasteiger partial charge in [-0.1, -0.05) is 61.2 Å². The minimum atomic E-state index is -0.00923. The van der Waals surface area contributed by atoms with E-state index in [2.05, 4.69) is 52.2 Å². The first-order chi connectivity index (χ1) is 14.9. The van der Waals surface area contributed by atoms with Gasteiger partial charge in [-0.15, -0.1) is 0 Å². The number of allylic oxidation sites excluding steroid dienone is 3. The van der Waals surface area contributed by atoms with Crippen LogP contribution in [0.1, 0.15) is 59.3 Å². The van der Waals surface area contributed by atoms with Crippen molar-refractivity contribution in [2.24, 2.45) is 5.92 Å². The van der Waals surface area contributed by atoms with Crippen LogP contribution >= 0.6 is 15.9 Å². The van der Waals surface area contributed by atoms with Crippen LogP contribution in [0.2, 0.25) is 0 Å². The molecule has 0 fully saturated rings. The first-order valence-electron chi connectivity index (χ1n) is 11.3. The van der Waals surface area contributed by atoms with Gasteiger partial charge in [0.25, 0.3) is 0 Å². The third kappa shape index (κ3) is 10.6. The Bertz CT molecular complexity index is 890. The number of halogens is 1. The number of nitrogens with one attached hydrogen (secondary N) is 1. The van der Waals surface area contributed by atoms with Crippen molar-refractivity contribution in [2.75, 3.05) is 13.2 Å². The largest absolute Gasteiger partial charge is 0.478 e. The second-order valence-electron chi connectivity index (χ2n) is 8.32. The number of carbonyl (C=O) groups is 1. The predicted octanol–water partition coefficient (Wildman–Crippen LogP) is 6.99. The summed E-state index contributed by atoms with van der Waals surface area (Å²) < 4.78 is 6.86. The van der Waals surface area contributed by atoms with E-state index in [1.54, 1.807) is 6.08 Å². The van der Waals surface area contributed by atoms with Crippen molar-refractivity contribution < 1.29 is 9.53 Å². The van der Waals surface area contributed by atoms with Crippen molar-refractivity contribution in [3.05, 3.63) is 58.6 Å². The number of ether oxygens (including phenoxy) is 1. The molecule has 1 amide bonds. The van der Waals surface area contributed by atoms with E-state index in [-0.39, 0.29) is 5.91 Å². The molecule has 1 N–H and O–H groups in total. The van der Waals surface area contributed by atoms with E-state index in [4.69, 9.17) is 4.74 Å². The van der Waals surface area contributed by atoms with Crippen molar-refractivity contribution in [2.45, 2.75) is 59.3 Å². The molecule has 0 saturated heterocycles. The molecule has 31 heavy (non-hydrogen) atoms. The molecule has 0 aliphatic heterocycles. The quantitative estimate of drug-likeness (QED) is 0.188. The summed E-state index contributed by atoms with van der Waals surface area (Å²) in [6.45, 7) is 7.57. The van der Waals surface area contributed by atoms with Crippen molar-refractivity contribution >= 4 is 32.7 Å². The fourth-order valence-corrected chi connectivity index (χ4v) is 3.49. The molecular formula is C26H35BrN2O2. The average Bonchev–Trinajstić information content (AvgIpc) is 2.73. The Labute approximate surface area is 195 Å². The van der Waals surface area contributed by atoms with Gasteiger partial charge in [-0.2, -0.15) is 0 Å². The van der Waals surface area contributed by atoms with Gasteiger partial charge in [-0.05, 0) is 61.9 Å². The highest BCUT2D eigenvalue weighted by atomic mass is 79.9. The van der Waals surface area contributed by atoms with Crippen LogP contribution in [0, 0.1) is 5.92 Å². The summed E-state index contributed by atoms with van der Waals surface area (Å²) in [6, 6.07) is 10.0. The van der Waals surface area contributed by atoms with Crippen LogP contribution in [0.4, 0.5) is 0 Å². The summed E-state index contributed by atoms with van der Waals surface area (Å²) in [5.74, 6) is 1.16. The fraction of sp³-hybridized carbons (Fsp3) is 0.462. The maximum Gasteiger partial charge on any atom is 0.244 e. The van der Waals surface area contributed by atoms with Crippen LogP contribution in [-0.2, 0) is 4.79 Å². The number of pyridine rings is 1. The molecule has 0 saturated carbocycles. The first kappa shape index (κ1) is 25.1. The number of hydrogen-bond donors (Lipinski definition) is 1. The molecule has 0 unspecified atom stereocenters. The van der Waals surface area contributed by atoms with Gasteiger partial charge in [-0.3, -0.25) is 4.79 Å². The van der Waals surface area contributed by atoms with Gasteiger partial charge in [0.2, 0.25) is 11.8 Å². The highest BCUT2D eigenvalue weighted by Crippen LogP contribution is 2.21. The van der Waals surface area contributed by atoms with Gasteiger partial charge in [0.1, 0.15) is 0 Å². The lowest BCUT2D eigenvalue weighted by molar-refractivity contribution is -0.116. The molecule has 4 nitrogen and oxygen atoms in total. The van der Waals surface area contributed by atoms with E-state index >= 15 is 0 Å². The van der Waals surface area contributed by atoms with E-state index in [1.165, 1.54) is 25.7 Å². The molecule has 2 rings (SSSR count). The average molecular weight is 487 g/mol. The summed E-state index contributed by atoms with van der Waals surface area (Å²) >= 11 is 3.48. The number of benzene rings is 1. The Kier molecular flexibility index (Phi) is 11.4. The minimum absolute atomic E-state index is 0.00923. The number of fused-ring (bicyclic) bond motifs is 1. The van der Waals surface area contributed by atoms with Crippen LogP contribution in [0.25, 0.3) is 10.9 Å². The molecule has 1 heterocycles. The summed E-state index contributed by atoms with van der Waals surface area (Å²) in [6.07, 6.45) is 12.7. The van der Waals surface area contributed by atoms with E-state index in [1.807, 2.05) is 37.3 Å². The van der Waals surface area contributed by atoms with Gasteiger partial charge >= 0.3 is 0 Å². The Hall–Kier alpha value is -2.14. The second kappa shape index (κ2) is 14.0. The molecule has 1 aromatic carbocycles. The van der Waals surface area contributed by atoms with Gasteiger partial charge < -0.3 is 10.1 Å². The zero-order chi connectivity index (χ0) is 22.5. The van der Waals surface area contributed by atoms with Crippen LogP contribution in [0.5, 0.6) is 5.88 Å². The Morgan fingerprint density at radius 2 is 1.90 bits per heavy atom. The van der Waals surface area contributed by atoms with Crippen molar-refractivity contribution in [1.29, 1.82) is 0 Å². The number of aromatic nitrogens is 1. The van der Waals surface area contributed by atoms with Crippen LogP contribution in [0.15, 0.2) is 58.6 Å². The molecule has 5 heteroatoms. The van der Waals surface area contributed by atoms with E-state index in [9.17, 15) is 4.79 Å². The zero-order valence-electron chi connectivity index (χ0n) is 19.0. The molecule has 0 atom stereocenters. The smallest absolute Gasteiger partial charge is 0.244 e. The second-order valence-corrected chi connectivity index (χ2v) is 9.24. The number of unbranched alkanes of at least 4 members (excludes halogenated alkanes) is 5. The van der Waals surface area contributed by atoms with E-state index < -0.39 is 0 Å². The molecule has 2 aromatic rings. The number of nitrogens with zero attached hydrogens (tertiary/aromatic N) is 1. The molecule has 0 radical (unpaired) electrons. The lowest BCUT2D eigenvalue weighted by Crippen LogP contribution is -2.25. The van der Waals surface area contributed by atoms with Crippen molar-refractivity contribution in [3.63, 3.8) is 0 Å². The summed E-state index contributed by atoms with van der Waals surface area (Å²) in [5.41, 5.74) is 1.95. The first-order valence-corrected chi connectivity index (χ1v) is 12.0.